The largest absolute Gasteiger partial charge is 0.496 e. The lowest BCUT2D eigenvalue weighted by atomic mass is 9.99. The number of anilines is 1. The summed E-state index contributed by atoms with van der Waals surface area (Å²) in [6, 6.07) is 8.16. The summed E-state index contributed by atoms with van der Waals surface area (Å²) in [5.74, 6) is 0.333. The van der Waals surface area contributed by atoms with Crippen molar-refractivity contribution >= 4 is 39.2 Å². The molecule has 0 saturated heterocycles. The van der Waals surface area contributed by atoms with Crippen LogP contribution in [0.1, 0.15) is 5.56 Å². The molecule has 0 atom stereocenters. The minimum absolute atomic E-state index is 0.0185. The Balaban J connectivity index is 2.12. The van der Waals surface area contributed by atoms with Gasteiger partial charge in [0.15, 0.2) is 4.90 Å². The molecule has 3 aromatic rings. The maximum absolute atomic E-state index is 12.8. The molecule has 0 fully saturated rings. The summed E-state index contributed by atoms with van der Waals surface area (Å²) in [5, 5.41) is 26.2. The number of amides is 1. The van der Waals surface area contributed by atoms with E-state index >= 15 is 0 Å². The van der Waals surface area contributed by atoms with Crippen LogP contribution in [0.2, 0.25) is 0 Å². The van der Waals surface area contributed by atoms with Crippen molar-refractivity contribution in [2.45, 2.75) is 4.90 Å². The summed E-state index contributed by atoms with van der Waals surface area (Å²) >= 11 is 0. The first-order valence-electron chi connectivity index (χ1n) is 11.3. The number of ether oxygens (including phenoxy) is 4. The predicted octanol–water partition coefficient (Wildman–Crippen LogP) is 4.10. The highest BCUT2D eigenvalue weighted by Gasteiger charge is 2.36. The third-order valence-electron chi connectivity index (χ3n) is 5.67. The van der Waals surface area contributed by atoms with E-state index in [9.17, 15) is 38.0 Å². The first-order chi connectivity index (χ1) is 19.4. The molecule has 0 bridgehead atoms. The Hall–Kier alpha value is -5.22. The highest BCUT2D eigenvalue weighted by Crippen LogP contribution is 2.46. The van der Waals surface area contributed by atoms with Crippen LogP contribution in [0, 0.1) is 20.2 Å². The molecular formula is C25H23N3O12S. The lowest BCUT2D eigenvalue weighted by molar-refractivity contribution is -0.394. The standard InChI is InChI=1S/C25H23N3O12S/c1-37-15-12-20(39-3)16(21(13-15)40-4)6-10-23(29)26-14-5-8-19(38-2)17(11-14)24-18(27(30)31)7-9-22(41(34,35)36)25(24)28(32)33/h5-13H,1-4H3,(H,26,29)(H,34,35,36). The summed E-state index contributed by atoms with van der Waals surface area (Å²) in [4.78, 5) is 33.2. The number of hydrogen-bond acceptors (Lipinski definition) is 11. The van der Waals surface area contributed by atoms with Crippen LogP contribution < -0.4 is 24.3 Å². The van der Waals surface area contributed by atoms with Gasteiger partial charge in [-0.2, -0.15) is 8.42 Å². The summed E-state index contributed by atoms with van der Waals surface area (Å²) < 4.78 is 54.4. The van der Waals surface area contributed by atoms with Crippen LogP contribution in [0.3, 0.4) is 0 Å². The number of nitro groups is 2. The Morgan fingerprint density at radius 1 is 0.878 bits per heavy atom. The van der Waals surface area contributed by atoms with Gasteiger partial charge in [0.05, 0.1) is 43.8 Å². The Bertz CT molecular complexity index is 1640. The second-order valence-corrected chi connectivity index (χ2v) is 9.37. The smallest absolute Gasteiger partial charge is 0.305 e. The summed E-state index contributed by atoms with van der Waals surface area (Å²) in [6.07, 6.45) is 2.54. The van der Waals surface area contributed by atoms with Gasteiger partial charge >= 0.3 is 15.8 Å². The molecule has 0 aromatic heterocycles. The molecule has 15 nitrogen and oxygen atoms in total. The van der Waals surface area contributed by atoms with E-state index in [1.165, 1.54) is 46.6 Å². The molecule has 0 aliphatic carbocycles. The summed E-state index contributed by atoms with van der Waals surface area (Å²) in [5.41, 5.74) is -2.71. The van der Waals surface area contributed by atoms with E-state index in [2.05, 4.69) is 5.32 Å². The van der Waals surface area contributed by atoms with Gasteiger partial charge in [-0.1, -0.05) is 0 Å². The second-order valence-electron chi connectivity index (χ2n) is 7.98. The van der Waals surface area contributed by atoms with Crippen LogP contribution in [0.25, 0.3) is 17.2 Å². The fraction of sp³-hybridized carbons (Fsp3) is 0.160. The van der Waals surface area contributed by atoms with Crippen molar-refractivity contribution in [2.75, 3.05) is 33.8 Å². The van der Waals surface area contributed by atoms with Crippen LogP contribution in [0.4, 0.5) is 17.1 Å². The maximum atomic E-state index is 12.8. The fourth-order valence-corrected chi connectivity index (χ4v) is 4.55. The Morgan fingerprint density at radius 2 is 1.49 bits per heavy atom. The Morgan fingerprint density at radius 3 is 1.98 bits per heavy atom. The highest BCUT2D eigenvalue weighted by atomic mass is 32.2. The number of nitro benzene ring substituents is 2. The lowest BCUT2D eigenvalue weighted by Gasteiger charge is -2.13. The molecule has 0 spiro atoms. The van der Waals surface area contributed by atoms with Crippen molar-refractivity contribution in [3.05, 3.63) is 74.3 Å². The first-order valence-corrected chi connectivity index (χ1v) is 12.7. The van der Waals surface area contributed by atoms with Gasteiger partial charge in [0.2, 0.25) is 5.91 Å². The fourth-order valence-electron chi connectivity index (χ4n) is 3.89. The monoisotopic (exact) mass is 589 g/mol. The van der Waals surface area contributed by atoms with Crippen LogP contribution in [0.5, 0.6) is 23.0 Å². The van der Waals surface area contributed by atoms with E-state index in [-0.39, 0.29) is 17.0 Å². The van der Waals surface area contributed by atoms with Gasteiger partial charge in [-0.15, -0.1) is 0 Å². The molecule has 0 aliphatic rings. The normalized spacial score (nSPS) is 11.1. The molecule has 0 heterocycles. The van der Waals surface area contributed by atoms with E-state index in [0.717, 1.165) is 12.1 Å². The Kier molecular flexibility index (Phi) is 9.10. The zero-order chi connectivity index (χ0) is 30.5. The van der Waals surface area contributed by atoms with Gasteiger partial charge in [-0.25, -0.2) is 0 Å². The van der Waals surface area contributed by atoms with Crippen LogP contribution in [0.15, 0.2) is 53.4 Å². The molecule has 0 aliphatic heterocycles. The molecule has 3 aromatic carbocycles. The molecule has 1 amide bonds. The summed E-state index contributed by atoms with van der Waals surface area (Å²) in [6.45, 7) is 0. The van der Waals surface area contributed by atoms with Crippen molar-refractivity contribution in [1.82, 2.24) is 0 Å². The van der Waals surface area contributed by atoms with E-state index < -0.39 is 47.7 Å². The van der Waals surface area contributed by atoms with Gasteiger partial charge in [0, 0.05) is 35.5 Å². The van der Waals surface area contributed by atoms with Crippen molar-refractivity contribution in [2.24, 2.45) is 0 Å². The number of rotatable bonds is 11. The number of nitrogens with zero attached hydrogens (tertiary/aromatic N) is 2. The minimum Gasteiger partial charge on any atom is -0.496 e. The minimum atomic E-state index is -5.16. The van der Waals surface area contributed by atoms with Crippen molar-refractivity contribution < 1.29 is 46.6 Å². The zero-order valence-electron chi connectivity index (χ0n) is 21.9. The van der Waals surface area contributed by atoms with Crippen LogP contribution in [-0.4, -0.2) is 57.2 Å². The number of benzene rings is 3. The SMILES string of the molecule is COc1cc(OC)c(C=CC(=O)Nc2ccc(OC)c(-c3c([N+](=O)[O-])ccc(S(=O)(=O)O)c3[N+](=O)[O-])c2)c(OC)c1. The second kappa shape index (κ2) is 12.3. The number of nitrogens with one attached hydrogen (secondary N) is 1. The van der Waals surface area contributed by atoms with Gasteiger partial charge in [0.1, 0.15) is 28.6 Å². The van der Waals surface area contributed by atoms with Crippen LogP contribution in [-0.2, 0) is 14.9 Å². The molecule has 0 radical (unpaired) electrons. The van der Waals surface area contributed by atoms with Crippen LogP contribution >= 0.6 is 0 Å². The number of hydrogen-bond donors (Lipinski definition) is 2. The zero-order valence-corrected chi connectivity index (χ0v) is 22.8. The average Bonchev–Trinajstić information content (AvgIpc) is 2.93. The lowest BCUT2D eigenvalue weighted by Crippen LogP contribution is -2.09. The van der Waals surface area contributed by atoms with E-state index in [1.54, 1.807) is 12.1 Å². The third-order valence-corrected chi connectivity index (χ3v) is 6.55. The first kappa shape index (κ1) is 30.3. The topological polar surface area (TPSA) is 207 Å². The number of carbonyl (C=O) groups is 1. The molecule has 0 saturated carbocycles. The molecule has 2 N–H and O–H groups in total. The maximum Gasteiger partial charge on any atom is 0.305 e. The van der Waals surface area contributed by atoms with Crippen molar-refractivity contribution in [3.8, 4) is 34.1 Å². The highest BCUT2D eigenvalue weighted by molar-refractivity contribution is 7.86. The summed E-state index contributed by atoms with van der Waals surface area (Å²) in [7, 11) is 0.312. The van der Waals surface area contributed by atoms with Crippen molar-refractivity contribution in [1.29, 1.82) is 0 Å². The van der Waals surface area contributed by atoms with E-state index in [4.69, 9.17) is 18.9 Å². The third kappa shape index (κ3) is 6.51. The average molecular weight is 590 g/mol. The van der Waals surface area contributed by atoms with Crippen molar-refractivity contribution in [3.63, 3.8) is 0 Å². The molecule has 16 heteroatoms. The molecule has 0 unspecified atom stereocenters. The van der Waals surface area contributed by atoms with E-state index in [1.807, 2.05) is 0 Å². The van der Waals surface area contributed by atoms with E-state index in [0.29, 0.717) is 34.9 Å². The molecule has 41 heavy (non-hydrogen) atoms. The Labute approximate surface area is 233 Å². The number of carbonyl (C=O) groups excluding carboxylic acids is 1. The van der Waals surface area contributed by atoms with Gasteiger partial charge in [0.25, 0.3) is 5.69 Å². The van der Waals surface area contributed by atoms with Gasteiger partial charge < -0.3 is 24.3 Å². The number of methoxy groups -OCH3 is 4. The van der Waals surface area contributed by atoms with Gasteiger partial charge in [-0.05, 0) is 30.3 Å². The van der Waals surface area contributed by atoms with Gasteiger partial charge in [-0.3, -0.25) is 29.6 Å². The quantitative estimate of drug-likeness (QED) is 0.140. The molecular weight excluding hydrogens is 566 g/mol. The molecule has 3 rings (SSSR count). The predicted molar refractivity (Wildman–Crippen MR) is 145 cm³/mol. The molecule has 216 valence electrons.